The van der Waals surface area contributed by atoms with Crippen LogP contribution in [0.5, 0.6) is 0 Å². The number of rotatable bonds is 10. The summed E-state index contributed by atoms with van der Waals surface area (Å²) in [4.78, 5) is 51.6. The Kier molecular flexibility index (Phi) is 9.60. The Morgan fingerprint density at radius 1 is 0.957 bits per heavy atom. The van der Waals surface area contributed by atoms with Crippen molar-refractivity contribution in [3.63, 3.8) is 0 Å². The van der Waals surface area contributed by atoms with Crippen LogP contribution in [0.4, 0.5) is 4.79 Å². The Morgan fingerprint density at radius 2 is 1.83 bits per heavy atom. The summed E-state index contributed by atoms with van der Waals surface area (Å²) in [7, 11) is 0. The van der Waals surface area contributed by atoms with Gasteiger partial charge in [0.25, 0.3) is 0 Å². The molecule has 1 saturated heterocycles. The number of halogens is 1. The molecule has 1 unspecified atom stereocenters. The lowest BCUT2D eigenvalue weighted by Gasteiger charge is -2.41. The highest BCUT2D eigenvalue weighted by molar-refractivity contribution is 9.10. The van der Waals surface area contributed by atoms with E-state index in [0.717, 1.165) is 26.5 Å². The van der Waals surface area contributed by atoms with E-state index in [9.17, 15) is 14.4 Å². The van der Waals surface area contributed by atoms with Crippen molar-refractivity contribution >= 4 is 44.7 Å². The molecule has 12 nitrogen and oxygen atoms in total. The zero-order valence-corrected chi connectivity index (χ0v) is 26.3. The summed E-state index contributed by atoms with van der Waals surface area (Å²) in [5, 5.41) is 13.8. The smallest absolute Gasteiger partial charge is 0.316 e. The van der Waals surface area contributed by atoms with Gasteiger partial charge in [-0.25, -0.2) is 4.79 Å². The Labute approximate surface area is 273 Å². The van der Waals surface area contributed by atoms with Crippen LogP contribution in [0, 0.1) is 0 Å². The molecule has 1 aliphatic rings. The highest BCUT2D eigenvalue weighted by Crippen LogP contribution is 2.21. The van der Waals surface area contributed by atoms with E-state index in [-0.39, 0.29) is 38.0 Å². The number of nitrogens with zero attached hydrogens (tertiary/aromatic N) is 5. The number of hydrogen-bond acceptors (Lipinski definition) is 8. The molecule has 6 rings (SSSR count). The molecule has 0 radical (unpaired) electrons. The van der Waals surface area contributed by atoms with Crippen LogP contribution in [0.2, 0.25) is 0 Å². The third-order valence-electron chi connectivity index (χ3n) is 7.56. The molecular formula is C33H31BrN8O4. The van der Waals surface area contributed by atoms with Crippen molar-refractivity contribution in [1.29, 1.82) is 0 Å². The minimum Gasteiger partial charge on any atom is -0.359 e. The van der Waals surface area contributed by atoms with E-state index in [1.807, 2.05) is 72.8 Å². The maximum Gasteiger partial charge on any atom is 0.316 e. The van der Waals surface area contributed by atoms with Crippen LogP contribution in [-0.2, 0) is 29.2 Å². The number of fused-ring (bicyclic) bond motifs is 1. The van der Waals surface area contributed by atoms with Crippen LogP contribution in [0.3, 0.4) is 0 Å². The van der Waals surface area contributed by atoms with Crippen molar-refractivity contribution in [2.24, 2.45) is 0 Å². The lowest BCUT2D eigenvalue weighted by Crippen LogP contribution is -2.65. The van der Waals surface area contributed by atoms with E-state index >= 15 is 0 Å². The number of nitrogens with one attached hydrogen (secondary N) is 3. The second kappa shape index (κ2) is 14.3. The number of piperazine rings is 1. The molecule has 4 heterocycles. The van der Waals surface area contributed by atoms with Gasteiger partial charge < -0.3 is 30.3 Å². The second-order valence-corrected chi connectivity index (χ2v) is 11.7. The first-order valence-electron chi connectivity index (χ1n) is 14.7. The van der Waals surface area contributed by atoms with Crippen LogP contribution in [0.25, 0.3) is 22.3 Å². The third-order valence-corrected chi connectivity index (χ3v) is 8.03. The summed E-state index contributed by atoms with van der Waals surface area (Å²) < 4.78 is 6.27. The molecule has 5 aromatic rings. The number of carbonyl (C=O) groups excluding carboxylic acids is 3. The van der Waals surface area contributed by atoms with Crippen molar-refractivity contribution in [1.82, 2.24) is 40.9 Å². The number of benzene rings is 2. The van der Waals surface area contributed by atoms with Gasteiger partial charge in [-0.15, -0.1) is 0 Å². The predicted octanol–water partition coefficient (Wildman–Crippen LogP) is 3.83. The molecule has 234 valence electrons. The summed E-state index contributed by atoms with van der Waals surface area (Å²) in [6.07, 6.45) is 2.65. The van der Waals surface area contributed by atoms with E-state index in [4.69, 9.17) is 4.52 Å². The molecule has 3 N–H and O–H groups in total. The van der Waals surface area contributed by atoms with Gasteiger partial charge in [0.1, 0.15) is 18.4 Å². The summed E-state index contributed by atoms with van der Waals surface area (Å²) in [6, 6.07) is 24.1. The fourth-order valence-corrected chi connectivity index (χ4v) is 5.47. The van der Waals surface area contributed by atoms with Crippen molar-refractivity contribution < 1.29 is 18.9 Å². The van der Waals surface area contributed by atoms with E-state index in [1.54, 1.807) is 23.4 Å². The number of pyridine rings is 2. The molecule has 0 aliphatic carbocycles. The number of urea groups is 1. The summed E-state index contributed by atoms with van der Waals surface area (Å²) in [5.74, 6) is -0.0446. The lowest BCUT2D eigenvalue weighted by atomic mass is 10.1. The predicted molar refractivity (Wildman–Crippen MR) is 174 cm³/mol. The largest absolute Gasteiger partial charge is 0.359 e. The van der Waals surface area contributed by atoms with Crippen molar-refractivity contribution in [3.05, 3.63) is 113 Å². The summed E-state index contributed by atoms with van der Waals surface area (Å²) in [5.41, 5.74) is 3.92. The first-order chi connectivity index (χ1) is 22.4. The second-order valence-electron chi connectivity index (χ2n) is 10.8. The summed E-state index contributed by atoms with van der Waals surface area (Å²) in [6.45, 7) is 0.704. The Hall–Kier alpha value is -5.14. The SMILES string of the molecule is O=C(NCc1ccccc1)NC1CN(Cc2cccc3ncccc23)C(=O)CN1C(=O)CNCc1cc(-c2ccc(Br)cn2)no1. The van der Waals surface area contributed by atoms with Gasteiger partial charge in [-0.3, -0.25) is 19.6 Å². The number of hydrogen-bond donors (Lipinski definition) is 3. The molecule has 1 atom stereocenters. The molecule has 1 aliphatic heterocycles. The quantitative estimate of drug-likeness (QED) is 0.202. The van der Waals surface area contributed by atoms with Crippen LogP contribution in [0.15, 0.2) is 100 Å². The minimum atomic E-state index is -0.753. The maximum atomic E-state index is 13.5. The average molecular weight is 684 g/mol. The zero-order chi connectivity index (χ0) is 31.9. The van der Waals surface area contributed by atoms with Crippen molar-refractivity contribution in [2.75, 3.05) is 19.6 Å². The molecular weight excluding hydrogens is 652 g/mol. The first-order valence-corrected chi connectivity index (χ1v) is 15.5. The van der Waals surface area contributed by atoms with E-state index < -0.39 is 12.2 Å². The van der Waals surface area contributed by atoms with Gasteiger partial charge in [-0.1, -0.05) is 53.7 Å². The number of carbonyl (C=O) groups is 3. The molecule has 0 spiro atoms. The molecule has 46 heavy (non-hydrogen) atoms. The van der Waals surface area contributed by atoms with E-state index in [0.29, 0.717) is 30.2 Å². The van der Waals surface area contributed by atoms with Gasteiger partial charge in [0, 0.05) is 41.4 Å². The van der Waals surface area contributed by atoms with Crippen molar-refractivity contribution in [3.8, 4) is 11.4 Å². The van der Waals surface area contributed by atoms with Gasteiger partial charge in [0.05, 0.1) is 30.8 Å². The van der Waals surface area contributed by atoms with Gasteiger partial charge in [0.15, 0.2) is 5.76 Å². The van der Waals surface area contributed by atoms with Gasteiger partial charge >= 0.3 is 6.03 Å². The molecule has 0 saturated carbocycles. The molecule has 13 heteroatoms. The normalized spacial score (nSPS) is 14.8. The van der Waals surface area contributed by atoms with Crippen LogP contribution in [0.1, 0.15) is 16.9 Å². The molecule has 4 amide bonds. The topological polar surface area (TPSA) is 146 Å². The fraction of sp³-hybridized carbons (Fsp3) is 0.212. The number of amides is 4. The van der Waals surface area contributed by atoms with Crippen molar-refractivity contribution in [2.45, 2.75) is 25.8 Å². The summed E-state index contributed by atoms with van der Waals surface area (Å²) >= 11 is 3.36. The minimum absolute atomic E-state index is 0.0847. The van der Waals surface area contributed by atoms with E-state index in [1.165, 1.54) is 4.90 Å². The highest BCUT2D eigenvalue weighted by Gasteiger charge is 2.36. The molecule has 0 bridgehead atoms. The third kappa shape index (κ3) is 7.56. The van der Waals surface area contributed by atoms with Gasteiger partial charge in [0.2, 0.25) is 11.8 Å². The monoisotopic (exact) mass is 682 g/mol. The first kappa shape index (κ1) is 30.9. The van der Waals surface area contributed by atoms with Gasteiger partial charge in [-0.05, 0) is 51.3 Å². The Morgan fingerprint density at radius 3 is 2.65 bits per heavy atom. The Bertz CT molecular complexity index is 1830. The maximum absolute atomic E-state index is 13.5. The molecule has 1 fully saturated rings. The zero-order valence-electron chi connectivity index (χ0n) is 24.7. The van der Waals surface area contributed by atoms with Crippen LogP contribution < -0.4 is 16.0 Å². The van der Waals surface area contributed by atoms with E-state index in [2.05, 4.69) is 47.0 Å². The number of aromatic nitrogens is 3. The molecule has 3 aromatic heterocycles. The Balaban J connectivity index is 1.12. The van der Waals surface area contributed by atoms with Crippen LogP contribution in [-0.4, -0.2) is 68.6 Å². The van der Waals surface area contributed by atoms with Crippen LogP contribution >= 0.6 is 15.9 Å². The standard InChI is InChI=1S/C33H31BrN8O4/c34-24-11-12-28(37-16-24)29-14-25(46-40-29)17-35-18-31(43)42-21-32(44)41(19-23-8-4-10-27-26(23)9-5-13-36-27)20-30(42)39-33(45)38-15-22-6-2-1-3-7-22/h1-14,16,30,35H,15,17-21H2,(H2,38,39,45). The average Bonchev–Trinajstić information content (AvgIpc) is 3.55. The fourth-order valence-electron chi connectivity index (χ4n) is 5.23. The highest BCUT2D eigenvalue weighted by atomic mass is 79.9. The lowest BCUT2D eigenvalue weighted by molar-refractivity contribution is -0.149. The molecule has 2 aromatic carbocycles. The van der Waals surface area contributed by atoms with Gasteiger partial charge in [-0.2, -0.15) is 0 Å².